The lowest BCUT2D eigenvalue weighted by Crippen LogP contribution is -2.41. The molecule has 4 heterocycles. The van der Waals surface area contributed by atoms with Crippen LogP contribution in [0.15, 0.2) is 22.9 Å². The van der Waals surface area contributed by atoms with E-state index in [4.69, 9.17) is 4.74 Å². The van der Waals surface area contributed by atoms with Crippen molar-refractivity contribution in [1.82, 2.24) is 10.2 Å². The van der Waals surface area contributed by atoms with Gasteiger partial charge in [-0.25, -0.2) is 4.79 Å². The molecule has 2 aliphatic rings. The maximum Gasteiger partial charge on any atom is 0.410 e. The topological polar surface area (TPSA) is 41.6 Å². The van der Waals surface area contributed by atoms with E-state index in [-0.39, 0.29) is 24.5 Å². The zero-order valence-corrected chi connectivity index (χ0v) is 19.7. The average Bonchev–Trinajstić information content (AvgIpc) is 3.23. The Labute approximate surface area is 182 Å². The van der Waals surface area contributed by atoms with Crippen molar-refractivity contribution >= 4 is 41.2 Å². The molecule has 0 aromatic carbocycles. The molecule has 0 saturated carbocycles. The number of fused-ring (bicyclic) bond motifs is 2. The second-order valence-electron chi connectivity index (χ2n) is 8.12. The van der Waals surface area contributed by atoms with E-state index in [1.165, 1.54) is 22.4 Å². The molecule has 1 amide bonds. The Morgan fingerprint density at radius 2 is 1.71 bits per heavy atom. The van der Waals surface area contributed by atoms with Crippen LogP contribution in [-0.4, -0.2) is 29.7 Å². The van der Waals surface area contributed by atoms with Crippen LogP contribution in [0.25, 0.3) is 0 Å². The van der Waals surface area contributed by atoms with Gasteiger partial charge in [0.25, 0.3) is 0 Å². The summed E-state index contributed by atoms with van der Waals surface area (Å²) < 4.78 is 5.43. The van der Waals surface area contributed by atoms with Crippen LogP contribution in [0.1, 0.15) is 67.6 Å². The fourth-order valence-corrected chi connectivity index (χ4v) is 5.47. The molecule has 0 spiro atoms. The van der Waals surface area contributed by atoms with Crippen molar-refractivity contribution in [2.75, 3.05) is 13.1 Å². The Morgan fingerprint density at radius 1 is 1.11 bits per heavy atom. The molecule has 0 unspecified atom stereocenters. The van der Waals surface area contributed by atoms with E-state index in [1.807, 2.05) is 37.0 Å². The van der Waals surface area contributed by atoms with Gasteiger partial charge in [0.05, 0.1) is 6.04 Å². The number of halogens is 1. The Balaban J connectivity index is 0.000000217. The summed E-state index contributed by atoms with van der Waals surface area (Å²) >= 11 is 3.67. The van der Waals surface area contributed by atoms with Crippen molar-refractivity contribution in [3.8, 4) is 0 Å². The molecule has 0 bridgehead atoms. The van der Waals surface area contributed by atoms with Gasteiger partial charge in [0.1, 0.15) is 5.60 Å². The Kier molecular flexibility index (Phi) is 7.97. The first-order valence-corrected chi connectivity index (χ1v) is 11.4. The molecule has 7 heteroatoms. The SMILES string of the molecule is C[C@@H]1NCCc2sccc21.C[C@H]1c2ccsc2CCN1C(=O)OC(C)(C)C.Cl. The van der Waals surface area contributed by atoms with Crippen molar-refractivity contribution in [2.24, 2.45) is 0 Å². The number of thiophene rings is 2. The van der Waals surface area contributed by atoms with Crippen molar-refractivity contribution in [1.29, 1.82) is 0 Å². The van der Waals surface area contributed by atoms with Crippen LogP contribution in [0.5, 0.6) is 0 Å². The highest BCUT2D eigenvalue weighted by atomic mass is 35.5. The fraction of sp³-hybridized carbons (Fsp3) is 0.571. The minimum absolute atomic E-state index is 0. The minimum Gasteiger partial charge on any atom is -0.444 e. The lowest BCUT2D eigenvalue weighted by atomic mass is 10.0. The van der Waals surface area contributed by atoms with Gasteiger partial charge in [0.15, 0.2) is 0 Å². The molecule has 2 aromatic rings. The van der Waals surface area contributed by atoms with Crippen molar-refractivity contribution in [3.63, 3.8) is 0 Å². The van der Waals surface area contributed by atoms with E-state index < -0.39 is 5.60 Å². The lowest BCUT2D eigenvalue weighted by Gasteiger charge is -2.34. The van der Waals surface area contributed by atoms with Gasteiger partial charge in [0, 0.05) is 28.9 Å². The van der Waals surface area contributed by atoms with Gasteiger partial charge in [-0.05, 0) is 81.5 Å². The quantitative estimate of drug-likeness (QED) is 0.545. The van der Waals surface area contributed by atoms with Crippen LogP contribution < -0.4 is 5.32 Å². The lowest BCUT2D eigenvalue weighted by molar-refractivity contribution is 0.0161. The van der Waals surface area contributed by atoms with Gasteiger partial charge in [-0.1, -0.05) is 0 Å². The Hall–Kier alpha value is -1.08. The molecule has 0 radical (unpaired) electrons. The number of rotatable bonds is 0. The number of hydrogen-bond donors (Lipinski definition) is 1. The largest absolute Gasteiger partial charge is 0.444 e. The maximum absolute atomic E-state index is 12.1. The normalized spacial score (nSPS) is 20.8. The molecule has 4 rings (SSSR count). The first-order chi connectivity index (χ1) is 12.8. The third-order valence-corrected chi connectivity index (χ3v) is 6.95. The van der Waals surface area contributed by atoms with Crippen LogP contribution >= 0.6 is 35.1 Å². The third-order valence-electron chi connectivity index (χ3n) is 4.95. The smallest absolute Gasteiger partial charge is 0.410 e. The predicted octanol–water partition coefficient (Wildman–Crippen LogP) is 5.98. The number of nitrogens with zero attached hydrogens (tertiary/aromatic N) is 1. The summed E-state index contributed by atoms with van der Waals surface area (Å²) in [4.78, 5) is 16.9. The van der Waals surface area contributed by atoms with Crippen LogP contribution in [0.2, 0.25) is 0 Å². The highest BCUT2D eigenvalue weighted by Gasteiger charge is 2.31. The van der Waals surface area contributed by atoms with Crippen molar-refractivity contribution in [3.05, 3.63) is 43.8 Å². The van der Waals surface area contributed by atoms with E-state index >= 15 is 0 Å². The summed E-state index contributed by atoms with van der Waals surface area (Å²) in [5.74, 6) is 0. The van der Waals surface area contributed by atoms with E-state index in [1.54, 1.807) is 16.2 Å². The van der Waals surface area contributed by atoms with Crippen molar-refractivity contribution < 1.29 is 9.53 Å². The van der Waals surface area contributed by atoms with Crippen LogP contribution in [0, 0.1) is 0 Å². The van der Waals surface area contributed by atoms with Gasteiger partial charge in [-0.15, -0.1) is 35.1 Å². The average molecular weight is 443 g/mol. The second kappa shape index (κ2) is 9.61. The van der Waals surface area contributed by atoms with Crippen LogP contribution in [0.3, 0.4) is 0 Å². The Bertz CT molecular complexity index is 781. The molecule has 28 heavy (non-hydrogen) atoms. The van der Waals surface area contributed by atoms with Crippen molar-refractivity contribution in [2.45, 2.75) is 65.1 Å². The van der Waals surface area contributed by atoms with E-state index in [0.29, 0.717) is 6.04 Å². The molecular weight excluding hydrogens is 412 g/mol. The zero-order valence-electron chi connectivity index (χ0n) is 17.3. The summed E-state index contributed by atoms with van der Waals surface area (Å²) in [7, 11) is 0. The summed E-state index contributed by atoms with van der Waals surface area (Å²) in [6.45, 7) is 11.9. The zero-order chi connectivity index (χ0) is 19.6. The van der Waals surface area contributed by atoms with Gasteiger partial charge in [-0.3, -0.25) is 0 Å². The monoisotopic (exact) mass is 442 g/mol. The molecule has 0 aliphatic carbocycles. The second-order valence-corrected chi connectivity index (χ2v) is 10.1. The fourth-order valence-electron chi connectivity index (χ4n) is 3.53. The molecular formula is C21H31ClN2O2S2. The van der Waals surface area contributed by atoms with Gasteiger partial charge >= 0.3 is 6.09 Å². The van der Waals surface area contributed by atoms with Crippen LogP contribution in [-0.2, 0) is 17.6 Å². The first-order valence-electron chi connectivity index (χ1n) is 9.62. The molecule has 2 aliphatic heterocycles. The maximum atomic E-state index is 12.1. The predicted molar refractivity (Wildman–Crippen MR) is 121 cm³/mol. The first kappa shape index (κ1) is 23.2. The third kappa shape index (κ3) is 5.50. The summed E-state index contributed by atoms with van der Waals surface area (Å²) in [5, 5.41) is 7.72. The molecule has 156 valence electrons. The van der Waals surface area contributed by atoms with Gasteiger partial charge in [-0.2, -0.15) is 0 Å². The number of carbonyl (C=O) groups is 1. The summed E-state index contributed by atoms with van der Waals surface area (Å²) in [6, 6.07) is 5.05. The molecule has 0 fully saturated rings. The minimum atomic E-state index is -0.425. The highest BCUT2D eigenvalue weighted by molar-refractivity contribution is 7.10. The standard InChI is InChI=1S/C13H19NO2S.C8H11NS.ClH/c1-9-10-6-8-17-11(10)5-7-14(9)12(15)16-13(2,3)4;1-6-7-3-5-10-8(7)2-4-9-6;/h6,8-9H,5,7H2,1-4H3;3,5-6,9H,2,4H2,1H3;1H/t9-;6-;/m00./s1. The number of hydrogen-bond acceptors (Lipinski definition) is 5. The molecule has 2 aromatic heterocycles. The summed E-state index contributed by atoms with van der Waals surface area (Å²) in [5.41, 5.74) is 2.36. The van der Waals surface area contributed by atoms with E-state index in [0.717, 1.165) is 19.5 Å². The molecule has 0 saturated heterocycles. The number of nitrogens with one attached hydrogen (secondary N) is 1. The number of amides is 1. The number of carbonyl (C=O) groups excluding carboxylic acids is 1. The van der Waals surface area contributed by atoms with E-state index in [2.05, 4.69) is 42.1 Å². The molecule has 2 atom stereocenters. The van der Waals surface area contributed by atoms with Crippen LogP contribution in [0.4, 0.5) is 4.79 Å². The van der Waals surface area contributed by atoms with Gasteiger partial charge in [0.2, 0.25) is 0 Å². The molecule has 1 N–H and O–H groups in total. The highest BCUT2D eigenvalue weighted by Crippen LogP contribution is 2.33. The van der Waals surface area contributed by atoms with Gasteiger partial charge < -0.3 is 15.0 Å². The molecule has 4 nitrogen and oxygen atoms in total. The van der Waals surface area contributed by atoms with E-state index in [9.17, 15) is 4.79 Å². The Morgan fingerprint density at radius 3 is 2.32 bits per heavy atom. The number of ether oxygens (including phenoxy) is 1. The summed E-state index contributed by atoms with van der Waals surface area (Å²) in [6.07, 6.45) is 1.95.